The zero-order valence-electron chi connectivity index (χ0n) is 13.2. The van der Waals surface area contributed by atoms with Crippen molar-refractivity contribution < 1.29 is 9.32 Å². The van der Waals surface area contributed by atoms with E-state index < -0.39 is 0 Å². The number of thiazole rings is 1. The van der Waals surface area contributed by atoms with Crippen molar-refractivity contribution in [2.45, 2.75) is 27.2 Å². The van der Waals surface area contributed by atoms with E-state index in [4.69, 9.17) is 4.52 Å². The summed E-state index contributed by atoms with van der Waals surface area (Å²) in [5.41, 5.74) is 3.46. The van der Waals surface area contributed by atoms with Gasteiger partial charge in [0.25, 0.3) is 0 Å². The van der Waals surface area contributed by atoms with E-state index in [2.05, 4.69) is 15.5 Å². The van der Waals surface area contributed by atoms with Crippen molar-refractivity contribution in [3.8, 4) is 10.6 Å². The van der Waals surface area contributed by atoms with Gasteiger partial charge < -0.3 is 9.84 Å². The Morgan fingerprint density at radius 1 is 1.17 bits per heavy atom. The lowest BCUT2D eigenvalue weighted by Crippen LogP contribution is -2.15. The Balaban J connectivity index is 1.76. The lowest BCUT2D eigenvalue weighted by Gasteiger charge is -2.02. The largest absolute Gasteiger partial charge is 0.361 e. The van der Waals surface area contributed by atoms with Crippen LogP contribution in [0.5, 0.6) is 0 Å². The van der Waals surface area contributed by atoms with Crippen molar-refractivity contribution in [1.82, 2.24) is 10.1 Å². The van der Waals surface area contributed by atoms with Gasteiger partial charge in [-0.15, -0.1) is 0 Å². The minimum absolute atomic E-state index is 0.0919. The summed E-state index contributed by atoms with van der Waals surface area (Å²) in [4.78, 5) is 16.8. The van der Waals surface area contributed by atoms with E-state index in [-0.39, 0.29) is 12.3 Å². The zero-order valence-corrected chi connectivity index (χ0v) is 14.0. The van der Waals surface area contributed by atoms with Gasteiger partial charge in [-0.2, -0.15) is 0 Å². The fourth-order valence-corrected chi connectivity index (χ4v) is 3.29. The number of carbonyl (C=O) groups is 1. The number of aryl methyl sites for hydroxylation is 3. The molecule has 0 saturated carbocycles. The molecule has 0 fully saturated rings. The Morgan fingerprint density at radius 3 is 2.57 bits per heavy atom. The van der Waals surface area contributed by atoms with Crippen LogP contribution in [-0.2, 0) is 11.2 Å². The van der Waals surface area contributed by atoms with Gasteiger partial charge in [0.2, 0.25) is 5.91 Å². The fraction of sp³-hybridized carbons (Fsp3) is 0.235. The molecular formula is C17H17N3O2S. The molecule has 0 unspecified atom stereocenters. The number of anilines is 1. The number of hydrogen-bond donors (Lipinski definition) is 1. The lowest BCUT2D eigenvalue weighted by molar-refractivity contribution is -0.115. The minimum atomic E-state index is -0.0919. The van der Waals surface area contributed by atoms with Crippen molar-refractivity contribution in [2.75, 3.05) is 5.32 Å². The molecule has 0 radical (unpaired) electrons. The van der Waals surface area contributed by atoms with E-state index in [9.17, 15) is 4.79 Å². The van der Waals surface area contributed by atoms with Crippen LogP contribution in [0.25, 0.3) is 10.6 Å². The van der Waals surface area contributed by atoms with Gasteiger partial charge in [-0.05, 0) is 20.8 Å². The molecule has 3 aromatic rings. The number of carbonyl (C=O) groups excluding carboxylic acids is 1. The molecule has 0 saturated heterocycles. The molecule has 118 valence electrons. The Hall–Kier alpha value is -2.47. The van der Waals surface area contributed by atoms with Crippen molar-refractivity contribution in [3.05, 3.63) is 53.0 Å². The lowest BCUT2D eigenvalue weighted by atomic mass is 10.1. The third kappa shape index (κ3) is 3.32. The van der Waals surface area contributed by atoms with Gasteiger partial charge in [-0.1, -0.05) is 46.8 Å². The molecule has 1 amide bonds. The monoisotopic (exact) mass is 327 g/mol. The van der Waals surface area contributed by atoms with Crippen LogP contribution < -0.4 is 5.32 Å². The number of nitrogens with zero attached hydrogens (tertiary/aromatic N) is 2. The second-order valence-electron chi connectivity index (χ2n) is 5.33. The molecule has 0 aliphatic rings. The smallest absolute Gasteiger partial charge is 0.229 e. The Labute approximate surface area is 138 Å². The normalized spacial score (nSPS) is 10.7. The summed E-state index contributed by atoms with van der Waals surface area (Å²) in [5.74, 6) is 0.592. The Morgan fingerprint density at radius 2 is 1.91 bits per heavy atom. The van der Waals surface area contributed by atoms with E-state index >= 15 is 0 Å². The topological polar surface area (TPSA) is 68.0 Å². The van der Waals surface area contributed by atoms with Gasteiger partial charge in [-0.3, -0.25) is 4.79 Å². The molecule has 23 heavy (non-hydrogen) atoms. The standard InChI is InChI=1S/C17H17N3O2S/c1-10-14(12(3)22-20-10)9-15(21)19-16-11(2)18-17(23-16)13-7-5-4-6-8-13/h4-8H,9H2,1-3H3,(H,19,21). The van der Waals surface area contributed by atoms with Crippen LogP contribution in [0.15, 0.2) is 34.9 Å². The second-order valence-corrected chi connectivity index (χ2v) is 6.33. The quantitative estimate of drug-likeness (QED) is 0.789. The van der Waals surface area contributed by atoms with Crippen molar-refractivity contribution in [3.63, 3.8) is 0 Å². The summed E-state index contributed by atoms with van der Waals surface area (Å²) in [6, 6.07) is 9.93. The van der Waals surface area contributed by atoms with E-state index in [0.29, 0.717) is 5.76 Å². The predicted molar refractivity (Wildman–Crippen MR) is 90.6 cm³/mol. The molecule has 3 rings (SSSR count). The molecule has 2 heterocycles. The molecule has 0 aliphatic carbocycles. The van der Waals surface area contributed by atoms with Gasteiger partial charge in [0.1, 0.15) is 15.8 Å². The first kappa shape index (κ1) is 15.4. The van der Waals surface area contributed by atoms with E-state index in [1.54, 1.807) is 0 Å². The van der Waals surface area contributed by atoms with E-state index in [1.165, 1.54) is 11.3 Å². The number of hydrogen-bond acceptors (Lipinski definition) is 5. The average Bonchev–Trinajstić information content (AvgIpc) is 3.06. The van der Waals surface area contributed by atoms with Crippen LogP contribution in [0, 0.1) is 20.8 Å². The van der Waals surface area contributed by atoms with Gasteiger partial charge >= 0.3 is 0 Å². The third-order valence-electron chi connectivity index (χ3n) is 3.59. The first-order valence-corrected chi connectivity index (χ1v) is 8.10. The number of aromatic nitrogens is 2. The highest BCUT2D eigenvalue weighted by Crippen LogP contribution is 2.31. The van der Waals surface area contributed by atoms with E-state index in [0.717, 1.165) is 32.5 Å². The van der Waals surface area contributed by atoms with Crippen LogP contribution in [0.2, 0.25) is 0 Å². The van der Waals surface area contributed by atoms with E-state index in [1.807, 2.05) is 51.1 Å². The van der Waals surface area contributed by atoms with Crippen molar-refractivity contribution >= 4 is 22.2 Å². The first-order chi connectivity index (χ1) is 11.0. The minimum Gasteiger partial charge on any atom is -0.361 e. The maximum absolute atomic E-state index is 12.3. The third-order valence-corrected chi connectivity index (χ3v) is 4.71. The summed E-state index contributed by atoms with van der Waals surface area (Å²) in [6.45, 7) is 5.55. The Kier molecular flexibility index (Phi) is 4.25. The van der Waals surface area contributed by atoms with Crippen LogP contribution in [0.4, 0.5) is 5.00 Å². The summed E-state index contributed by atoms with van der Waals surface area (Å²) >= 11 is 1.48. The van der Waals surface area contributed by atoms with Gasteiger partial charge in [0.15, 0.2) is 0 Å². The summed E-state index contributed by atoms with van der Waals surface area (Å²) < 4.78 is 5.09. The summed E-state index contributed by atoms with van der Waals surface area (Å²) in [5, 5.41) is 8.49. The van der Waals surface area contributed by atoms with Gasteiger partial charge in [0.05, 0.1) is 17.8 Å². The first-order valence-electron chi connectivity index (χ1n) is 7.29. The highest BCUT2D eigenvalue weighted by atomic mass is 32.1. The summed E-state index contributed by atoms with van der Waals surface area (Å²) in [6.07, 6.45) is 0.249. The van der Waals surface area contributed by atoms with Crippen molar-refractivity contribution in [1.29, 1.82) is 0 Å². The number of amides is 1. The van der Waals surface area contributed by atoms with Crippen LogP contribution in [0.3, 0.4) is 0 Å². The molecule has 0 aliphatic heterocycles. The molecule has 1 aromatic carbocycles. The van der Waals surface area contributed by atoms with Gasteiger partial charge in [0, 0.05) is 11.1 Å². The highest BCUT2D eigenvalue weighted by molar-refractivity contribution is 7.19. The second kappa shape index (κ2) is 6.34. The molecule has 2 aromatic heterocycles. The molecule has 0 atom stereocenters. The van der Waals surface area contributed by atoms with Crippen LogP contribution >= 0.6 is 11.3 Å². The maximum Gasteiger partial charge on any atom is 0.229 e. The van der Waals surface area contributed by atoms with Crippen LogP contribution in [-0.4, -0.2) is 16.0 Å². The molecule has 0 bridgehead atoms. The average molecular weight is 327 g/mol. The molecule has 6 heteroatoms. The molecule has 1 N–H and O–H groups in total. The number of rotatable bonds is 4. The predicted octanol–water partition coefficient (Wildman–Crippen LogP) is 3.90. The summed E-state index contributed by atoms with van der Waals surface area (Å²) in [7, 11) is 0. The molecule has 5 nitrogen and oxygen atoms in total. The Bertz CT molecular complexity index is 817. The highest BCUT2D eigenvalue weighted by Gasteiger charge is 2.16. The SMILES string of the molecule is Cc1nc(-c2ccccc2)sc1NC(=O)Cc1c(C)noc1C. The number of nitrogens with one attached hydrogen (secondary N) is 1. The molecular weight excluding hydrogens is 310 g/mol. The van der Waals surface area contributed by atoms with Crippen LogP contribution in [0.1, 0.15) is 22.7 Å². The van der Waals surface area contributed by atoms with Gasteiger partial charge in [-0.25, -0.2) is 4.98 Å². The van der Waals surface area contributed by atoms with Crippen molar-refractivity contribution in [2.24, 2.45) is 0 Å². The zero-order chi connectivity index (χ0) is 16.4. The molecule has 0 spiro atoms. The maximum atomic E-state index is 12.3. The fourth-order valence-electron chi connectivity index (χ4n) is 2.30. The number of benzene rings is 1.